The highest BCUT2D eigenvalue weighted by Gasteiger charge is 2.33. The molecular formula is C20H16N2O. The fourth-order valence-corrected chi connectivity index (χ4v) is 3.15. The van der Waals surface area contributed by atoms with Gasteiger partial charge in [0, 0.05) is 5.92 Å². The van der Waals surface area contributed by atoms with Crippen LogP contribution >= 0.6 is 0 Å². The Morgan fingerprint density at radius 2 is 1.78 bits per heavy atom. The van der Waals surface area contributed by atoms with Crippen molar-refractivity contribution in [2.75, 3.05) is 7.11 Å². The van der Waals surface area contributed by atoms with Crippen molar-refractivity contribution >= 4 is 6.08 Å². The van der Waals surface area contributed by atoms with Gasteiger partial charge in [0.25, 0.3) is 0 Å². The van der Waals surface area contributed by atoms with Crippen LogP contribution in [0.1, 0.15) is 22.6 Å². The summed E-state index contributed by atoms with van der Waals surface area (Å²) in [7, 11) is 1.64. The lowest BCUT2D eigenvalue weighted by atomic mass is 9.85. The van der Waals surface area contributed by atoms with Crippen LogP contribution in [0.15, 0.2) is 54.1 Å². The second-order valence-electron chi connectivity index (χ2n) is 5.58. The summed E-state index contributed by atoms with van der Waals surface area (Å²) in [6, 6.07) is 20.2. The van der Waals surface area contributed by atoms with Gasteiger partial charge < -0.3 is 4.74 Å². The molecule has 0 saturated heterocycles. The molecule has 3 heteroatoms. The summed E-state index contributed by atoms with van der Waals surface area (Å²) in [6.07, 6.45) is 2.87. The predicted molar refractivity (Wildman–Crippen MR) is 88.6 cm³/mol. The Hall–Kier alpha value is -3.04. The zero-order chi connectivity index (χ0) is 16.2. The Kier molecular flexibility index (Phi) is 4.13. The van der Waals surface area contributed by atoms with E-state index in [4.69, 9.17) is 4.74 Å². The maximum atomic E-state index is 9.35. The van der Waals surface area contributed by atoms with Gasteiger partial charge in [0.2, 0.25) is 0 Å². The summed E-state index contributed by atoms with van der Waals surface area (Å²) in [4.78, 5) is 0. The molecule has 2 aromatic rings. The van der Waals surface area contributed by atoms with E-state index in [9.17, 15) is 10.5 Å². The number of fused-ring (bicyclic) bond motifs is 1. The Bertz CT molecular complexity index is 808. The number of benzene rings is 2. The van der Waals surface area contributed by atoms with Crippen LogP contribution in [-0.4, -0.2) is 7.11 Å². The van der Waals surface area contributed by atoms with E-state index >= 15 is 0 Å². The van der Waals surface area contributed by atoms with Gasteiger partial charge in [-0.3, -0.25) is 0 Å². The summed E-state index contributed by atoms with van der Waals surface area (Å²) in [5.74, 6) is -0.00298. The maximum absolute atomic E-state index is 9.35. The van der Waals surface area contributed by atoms with Crippen LogP contribution in [0.2, 0.25) is 0 Å². The molecule has 3 nitrogen and oxygen atoms in total. The quantitative estimate of drug-likeness (QED) is 0.858. The van der Waals surface area contributed by atoms with E-state index in [1.807, 2.05) is 42.5 Å². The Balaban J connectivity index is 2.02. The highest BCUT2D eigenvalue weighted by molar-refractivity contribution is 5.62. The number of rotatable bonds is 3. The molecule has 0 aliphatic heterocycles. The van der Waals surface area contributed by atoms with Crippen LogP contribution in [0, 0.1) is 28.6 Å². The van der Waals surface area contributed by atoms with Gasteiger partial charge in [0.05, 0.1) is 19.2 Å². The van der Waals surface area contributed by atoms with Crippen LogP contribution < -0.4 is 4.74 Å². The van der Waals surface area contributed by atoms with Crippen molar-refractivity contribution < 1.29 is 4.74 Å². The molecule has 0 amide bonds. The third-order valence-electron chi connectivity index (χ3n) is 4.26. The number of methoxy groups -OCH3 is 1. The minimum atomic E-state index is -0.664. The van der Waals surface area contributed by atoms with E-state index in [0.29, 0.717) is 0 Å². The minimum absolute atomic E-state index is 0.150. The van der Waals surface area contributed by atoms with Crippen molar-refractivity contribution in [2.24, 2.45) is 5.92 Å². The molecule has 3 rings (SSSR count). The Morgan fingerprint density at radius 1 is 1.09 bits per heavy atom. The molecule has 0 radical (unpaired) electrons. The first-order chi connectivity index (χ1) is 11.3. The van der Waals surface area contributed by atoms with Crippen LogP contribution in [0.25, 0.3) is 6.08 Å². The molecule has 0 aromatic heterocycles. The van der Waals surface area contributed by atoms with E-state index in [2.05, 4.69) is 24.3 Å². The fourth-order valence-electron chi connectivity index (χ4n) is 3.15. The van der Waals surface area contributed by atoms with Crippen molar-refractivity contribution in [1.29, 1.82) is 10.5 Å². The molecule has 23 heavy (non-hydrogen) atoms. The third kappa shape index (κ3) is 2.82. The van der Waals surface area contributed by atoms with E-state index in [1.54, 1.807) is 7.11 Å². The van der Waals surface area contributed by atoms with Gasteiger partial charge in [-0.25, -0.2) is 0 Å². The monoisotopic (exact) mass is 300 g/mol. The number of hydrogen-bond donors (Lipinski definition) is 0. The first-order valence-corrected chi connectivity index (χ1v) is 7.48. The number of nitrogens with zero attached hydrogens (tertiary/aromatic N) is 2. The number of ether oxygens (including phenoxy) is 1. The average Bonchev–Trinajstić information content (AvgIpc) is 2.95. The van der Waals surface area contributed by atoms with E-state index in [0.717, 1.165) is 28.9 Å². The van der Waals surface area contributed by atoms with Gasteiger partial charge in [0.1, 0.15) is 11.7 Å². The number of allylic oxidation sites excluding steroid dienone is 1. The number of nitriles is 2. The molecule has 0 bridgehead atoms. The molecule has 0 N–H and O–H groups in total. The average molecular weight is 300 g/mol. The van der Waals surface area contributed by atoms with Crippen LogP contribution in [0.3, 0.4) is 0 Å². The molecule has 1 unspecified atom stereocenters. The third-order valence-corrected chi connectivity index (χ3v) is 4.26. The summed E-state index contributed by atoms with van der Waals surface area (Å²) < 4.78 is 5.18. The van der Waals surface area contributed by atoms with Crippen molar-refractivity contribution in [3.63, 3.8) is 0 Å². The van der Waals surface area contributed by atoms with Gasteiger partial charge in [0.15, 0.2) is 0 Å². The van der Waals surface area contributed by atoms with Gasteiger partial charge >= 0.3 is 0 Å². The fraction of sp³-hybridized carbons (Fsp3) is 0.200. The topological polar surface area (TPSA) is 56.8 Å². The van der Waals surface area contributed by atoms with Crippen LogP contribution in [0.5, 0.6) is 5.75 Å². The Labute approximate surface area is 136 Å². The van der Waals surface area contributed by atoms with Gasteiger partial charge in [-0.05, 0) is 35.2 Å². The zero-order valence-electron chi connectivity index (χ0n) is 12.9. The molecule has 112 valence electrons. The second-order valence-corrected chi connectivity index (χ2v) is 5.58. The first-order valence-electron chi connectivity index (χ1n) is 7.48. The zero-order valence-corrected chi connectivity index (χ0v) is 12.9. The highest BCUT2D eigenvalue weighted by atomic mass is 16.5. The van der Waals surface area contributed by atoms with E-state index in [-0.39, 0.29) is 5.92 Å². The largest absolute Gasteiger partial charge is 0.497 e. The molecule has 1 atom stereocenters. The molecule has 0 spiro atoms. The molecule has 0 saturated carbocycles. The van der Waals surface area contributed by atoms with Crippen molar-refractivity contribution in [3.05, 3.63) is 70.8 Å². The highest BCUT2D eigenvalue weighted by Crippen LogP contribution is 2.42. The minimum Gasteiger partial charge on any atom is -0.497 e. The van der Waals surface area contributed by atoms with Gasteiger partial charge in [-0.1, -0.05) is 48.0 Å². The lowest BCUT2D eigenvalue weighted by molar-refractivity contribution is 0.415. The van der Waals surface area contributed by atoms with Crippen molar-refractivity contribution in [3.8, 4) is 17.9 Å². The lowest BCUT2D eigenvalue weighted by Gasteiger charge is -2.14. The second kappa shape index (κ2) is 6.38. The predicted octanol–water partition coefficient (Wildman–Crippen LogP) is 4.08. The molecule has 1 aliphatic rings. The van der Waals surface area contributed by atoms with Gasteiger partial charge in [-0.15, -0.1) is 0 Å². The Morgan fingerprint density at radius 3 is 2.43 bits per heavy atom. The summed E-state index contributed by atoms with van der Waals surface area (Å²) in [6.45, 7) is 0. The van der Waals surface area contributed by atoms with Crippen molar-refractivity contribution in [2.45, 2.75) is 12.3 Å². The molecule has 1 aliphatic carbocycles. The maximum Gasteiger partial charge on any atom is 0.143 e. The normalized spacial score (nSPS) is 17.6. The smallest absolute Gasteiger partial charge is 0.143 e. The van der Waals surface area contributed by atoms with Gasteiger partial charge in [-0.2, -0.15) is 10.5 Å². The molecular weight excluding hydrogens is 284 g/mol. The SMILES string of the molecule is COc1ccc(/C=C2\Cc3ccccc3C2C(C#N)C#N)cc1. The van der Waals surface area contributed by atoms with Crippen molar-refractivity contribution in [1.82, 2.24) is 0 Å². The summed E-state index contributed by atoms with van der Waals surface area (Å²) in [5.41, 5.74) is 4.46. The lowest BCUT2D eigenvalue weighted by Crippen LogP contribution is -2.08. The first kappa shape index (κ1) is 14.9. The van der Waals surface area contributed by atoms with Crippen LogP contribution in [-0.2, 0) is 6.42 Å². The molecule has 2 aromatic carbocycles. The van der Waals surface area contributed by atoms with E-state index < -0.39 is 5.92 Å². The summed E-state index contributed by atoms with van der Waals surface area (Å²) >= 11 is 0. The number of hydrogen-bond acceptors (Lipinski definition) is 3. The van der Waals surface area contributed by atoms with Crippen LogP contribution in [0.4, 0.5) is 0 Å². The standard InChI is InChI=1S/C20H16N2O/c1-23-18-8-6-14(7-9-18)10-16-11-15-4-2-3-5-19(15)20(16)17(12-21)13-22/h2-10,17,20H,11H2,1H3/b16-10+. The molecule has 0 fully saturated rings. The molecule has 0 heterocycles. The summed E-state index contributed by atoms with van der Waals surface area (Å²) in [5, 5.41) is 18.7. The van der Waals surface area contributed by atoms with E-state index in [1.165, 1.54) is 5.56 Å².